The zero-order chi connectivity index (χ0) is 18.4. The molecule has 0 aromatic heterocycles. The van der Waals surface area contributed by atoms with Gasteiger partial charge in [0.15, 0.2) is 0 Å². The van der Waals surface area contributed by atoms with E-state index >= 15 is 0 Å². The minimum Gasteiger partial charge on any atom is -0.326 e. The molecule has 128 valence electrons. The summed E-state index contributed by atoms with van der Waals surface area (Å²) in [5.74, 6) is -0.530. The molecule has 0 heterocycles. The number of amides is 2. The third kappa shape index (κ3) is 5.28. The average Bonchev–Trinajstić information content (AvgIpc) is 2.55. The number of carbonyl (C=O) groups is 2. The van der Waals surface area contributed by atoms with Crippen LogP contribution in [0.5, 0.6) is 0 Å². The largest absolute Gasteiger partial charge is 0.326 e. The topological polar surface area (TPSA) is 101 Å². The number of carbonyl (C=O) groups excluding carboxylic acids is 2. The first-order chi connectivity index (χ1) is 11.8. The van der Waals surface area contributed by atoms with Crippen molar-refractivity contribution in [3.63, 3.8) is 0 Å². The van der Waals surface area contributed by atoms with Gasteiger partial charge < -0.3 is 10.6 Å². The van der Waals surface area contributed by atoms with Crippen LogP contribution in [0.3, 0.4) is 0 Å². The zero-order valence-corrected chi connectivity index (χ0v) is 13.8. The van der Waals surface area contributed by atoms with Crippen LogP contribution in [0.4, 0.5) is 17.1 Å². The number of hydrogen-bond acceptors (Lipinski definition) is 4. The van der Waals surface area contributed by atoms with Gasteiger partial charge in [-0.15, -0.1) is 0 Å². The molecule has 0 radical (unpaired) electrons. The van der Waals surface area contributed by atoms with Crippen LogP contribution in [0.25, 0.3) is 6.08 Å². The van der Waals surface area contributed by atoms with E-state index in [1.165, 1.54) is 31.2 Å². The van der Waals surface area contributed by atoms with Gasteiger partial charge in [0.05, 0.1) is 4.92 Å². The number of nitro groups is 1. The molecular formula is C18H17N3O4. The van der Waals surface area contributed by atoms with Crippen molar-refractivity contribution in [1.29, 1.82) is 0 Å². The molecular weight excluding hydrogens is 322 g/mol. The SMILES string of the molecule is CC(=O)Nc1ccc(NC(=O)C=Cc2cccc([N+](=O)[O-])c2)cc1C. The predicted octanol–water partition coefficient (Wildman–Crippen LogP) is 3.51. The maximum absolute atomic E-state index is 12.0. The van der Waals surface area contributed by atoms with Crippen LogP contribution in [0.2, 0.25) is 0 Å². The van der Waals surface area contributed by atoms with Crippen molar-refractivity contribution in [2.75, 3.05) is 10.6 Å². The smallest absolute Gasteiger partial charge is 0.270 e. The molecule has 0 aliphatic rings. The summed E-state index contributed by atoms with van der Waals surface area (Å²) in [6, 6.07) is 11.1. The fourth-order valence-corrected chi connectivity index (χ4v) is 2.17. The van der Waals surface area contributed by atoms with E-state index in [4.69, 9.17) is 0 Å². The molecule has 7 nitrogen and oxygen atoms in total. The molecule has 2 N–H and O–H groups in total. The van der Waals surface area contributed by atoms with Crippen molar-refractivity contribution >= 4 is 35.0 Å². The summed E-state index contributed by atoms with van der Waals surface area (Å²) in [5, 5.41) is 16.1. The molecule has 7 heteroatoms. The van der Waals surface area contributed by atoms with Gasteiger partial charge in [-0.05, 0) is 42.3 Å². The first kappa shape index (κ1) is 17.9. The van der Waals surface area contributed by atoms with Gasteiger partial charge in [0.1, 0.15) is 0 Å². The monoisotopic (exact) mass is 339 g/mol. The summed E-state index contributed by atoms with van der Waals surface area (Å²) >= 11 is 0. The number of non-ortho nitro benzene ring substituents is 1. The summed E-state index contributed by atoms with van der Waals surface area (Å²) in [4.78, 5) is 33.3. The maximum Gasteiger partial charge on any atom is 0.270 e. The lowest BCUT2D eigenvalue weighted by atomic mass is 10.1. The minimum atomic E-state index is -0.489. The third-order valence-electron chi connectivity index (χ3n) is 3.31. The fourth-order valence-electron chi connectivity index (χ4n) is 2.17. The standard InChI is InChI=1S/C18H17N3O4/c1-12-10-15(7-8-17(12)19-13(2)22)20-18(23)9-6-14-4-3-5-16(11-14)21(24)25/h3-11H,1-2H3,(H,19,22)(H,20,23). The number of nitrogens with one attached hydrogen (secondary N) is 2. The van der Waals surface area contributed by atoms with Crippen molar-refractivity contribution in [1.82, 2.24) is 0 Å². The second-order valence-corrected chi connectivity index (χ2v) is 5.39. The van der Waals surface area contributed by atoms with Crippen LogP contribution >= 0.6 is 0 Å². The molecule has 0 aliphatic carbocycles. The molecule has 0 spiro atoms. The van der Waals surface area contributed by atoms with Gasteiger partial charge in [-0.2, -0.15) is 0 Å². The van der Waals surface area contributed by atoms with Crippen LogP contribution in [0.1, 0.15) is 18.1 Å². The van der Waals surface area contributed by atoms with Gasteiger partial charge in [-0.1, -0.05) is 12.1 Å². The molecule has 2 aromatic carbocycles. The Morgan fingerprint density at radius 2 is 1.88 bits per heavy atom. The van der Waals surface area contributed by atoms with E-state index < -0.39 is 4.92 Å². The summed E-state index contributed by atoms with van der Waals surface area (Å²) < 4.78 is 0. The summed E-state index contributed by atoms with van der Waals surface area (Å²) in [6.45, 7) is 3.24. The van der Waals surface area contributed by atoms with Crippen molar-refractivity contribution in [2.45, 2.75) is 13.8 Å². The van der Waals surface area contributed by atoms with E-state index in [0.717, 1.165) is 5.56 Å². The van der Waals surface area contributed by atoms with E-state index in [9.17, 15) is 19.7 Å². The highest BCUT2D eigenvalue weighted by Gasteiger charge is 2.05. The number of aryl methyl sites for hydroxylation is 1. The minimum absolute atomic E-state index is 0.0354. The lowest BCUT2D eigenvalue weighted by molar-refractivity contribution is -0.384. The van der Waals surface area contributed by atoms with E-state index in [-0.39, 0.29) is 17.5 Å². The van der Waals surface area contributed by atoms with Gasteiger partial charge in [0.2, 0.25) is 11.8 Å². The normalized spacial score (nSPS) is 10.5. The Morgan fingerprint density at radius 3 is 2.52 bits per heavy atom. The van der Waals surface area contributed by atoms with Crippen LogP contribution in [0.15, 0.2) is 48.5 Å². The van der Waals surface area contributed by atoms with Crippen LogP contribution in [0, 0.1) is 17.0 Å². The molecule has 0 aliphatic heterocycles. The number of rotatable bonds is 5. The molecule has 2 aromatic rings. The van der Waals surface area contributed by atoms with E-state index in [1.54, 1.807) is 30.3 Å². The van der Waals surface area contributed by atoms with E-state index in [0.29, 0.717) is 16.9 Å². The molecule has 0 atom stereocenters. The highest BCUT2D eigenvalue weighted by atomic mass is 16.6. The number of nitrogens with zero attached hydrogens (tertiary/aromatic N) is 1. The van der Waals surface area contributed by atoms with Gasteiger partial charge in [-0.3, -0.25) is 19.7 Å². The van der Waals surface area contributed by atoms with Crippen molar-refractivity contribution in [2.24, 2.45) is 0 Å². The van der Waals surface area contributed by atoms with E-state index in [2.05, 4.69) is 10.6 Å². The molecule has 0 saturated heterocycles. The summed E-state index contributed by atoms with van der Waals surface area (Å²) in [7, 11) is 0. The zero-order valence-electron chi connectivity index (χ0n) is 13.8. The van der Waals surface area contributed by atoms with Crippen LogP contribution in [-0.4, -0.2) is 16.7 Å². The van der Waals surface area contributed by atoms with Gasteiger partial charge in [-0.25, -0.2) is 0 Å². The number of anilines is 2. The Bertz CT molecular complexity index is 859. The van der Waals surface area contributed by atoms with Crippen LogP contribution < -0.4 is 10.6 Å². The Kier molecular flexibility index (Phi) is 5.62. The lowest BCUT2D eigenvalue weighted by Crippen LogP contribution is -2.10. The second-order valence-electron chi connectivity index (χ2n) is 5.39. The molecule has 0 saturated carbocycles. The molecule has 2 amide bonds. The molecule has 0 fully saturated rings. The Balaban J connectivity index is 2.05. The number of hydrogen-bond donors (Lipinski definition) is 2. The Morgan fingerprint density at radius 1 is 1.12 bits per heavy atom. The lowest BCUT2D eigenvalue weighted by Gasteiger charge is -2.09. The third-order valence-corrected chi connectivity index (χ3v) is 3.31. The van der Waals surface area contributed by atoms with E-state index in [1.807, 2.05) is 6.92 Å². The highest BCUT2D eigenvalue weighted by Crippen LogP contribution is 2.20. The average molecular weight is 339 g/mol. The quantitative estimate of drug-likeness (QED) is 0.494. The maximum atomic E-state index is 12.0. The summed E-state index contributed by atoms with van der Waals surface area (Å²) in [5.41, 5.74) is 2.60. The van der Waals surface area contributed by atoms with Gasteiger partial charge in [0, 0.05) is 36.5 Å². The van der Waals surface area contributed by atoms with Crippen molar-refractivity contribution in [3.8, 4) is 0 Å². The number of benzene rings is 2. The molecule has 25 heavy (non-hydrogen) atoms. The van der Waals surface area contributed by atoms with Gasteiger partial charge in [0.25, 0.3) is 5.69 Å². The van der Waals surface area contributed by atoms with Crippen molar-refractivity contribution < 1.29 is 14.5 Å². The molecule has 2 rings (SSSR count). The van der Waals surface area contributed by atoms with Crippen LogP contribution in [-0.2, 0) is 9.59 Å². The second kappa shape index (κ2) is 7.87. The summed E-state index contributed by atoms with van der Waals surface area (Å²) in [6.07, 6.45) is 2.80. The van der Waals surface area contributed by atoms with Gasteiger partial charge >= 0.3 is 0 Å². The fraction of sp³-hybridized carbons (Fsp3) is 0.111. The highest BCUT2D eigenvalue weighted by molar-refractivity contribution is 6.02. The first-order valence-corrected chi connectivity index (χ1v) is 7.47. The van der Waals surface area contributed by atoms with Crippen molar-refractivity contribution in [3.05, 3.63) is 69.8 Å². The molecule has 0 bridgehead atoms. The first-order valence-electron chi connectivity index (χ1n) is 7.47. The number of nitro benzene ring substituents is 1. The predicted molar refractivity (Wildman–Crippen MR) is 96.2 cm³/mol. The molecule has 0 unspecified atom stereocenters. The Labute approximate surface area is 144 Å². The Hall–Kier alpha value is -3.48.